The molecule has 0 saturated carbocycles. The number of nitrogens with zero attached hydrogens (tertiary/aromatic N) is 1. The van der Waals surface area contributed by atoms with Gasteiger partial charge in [0.1, 0.15) is 11.6 Å². The first-order chi connectivity index (χ1) is 17.3. The molecule has 196 valence electrons. The minimum absolute atomic E-state index is 0.132. The third-order valence-corrected chi connectivity index (χ3v) is 7.59. The molecule has 4 rings (SSSR count). The average Bonchev–Trinajstić information content (AvgIpc) is 3.23. The molecule has 1 aromatic carbocycles. The van der Waals surface area contributed by atoms with Crippen LogP contribution in [-0.4, -0.2) is 71.9 Å². The number of nitrogens with one attached hydrogen (secondary N) is 4. The normalized spacial score (nSPS) is 21.2. The quantitative estimate of drug-likeness (QED) is 0.316. The number of hydrogen-bond donors (Lipinski definition) is 5. The number of carbonyl (C=O) groups excluding carboxylic acids is 3. The van der Waals surface area contributed by atoms with Crippen molar-refractivity contribution in [2.75, 3.05) is 32.7 Å². The van der Waals surface area contributed by atoms with Gasteiger partial charge in [0.15, 0.2) is 0 Å². The van der Waals surface area contributed by atoms with Crippen LogP contribution in [0.5, 0.6) is 0 Å². The molecule has 2 aromatic rings. The number of para-hydroxylation sites is 1. The molecule has 0 radical (unpaired) electrons. The van der Waals surface area contributed by atoms with Crippen LogP contribution in [0.15, 0.2) is 24.3 Å². The van der Waals surface area contributed by atoms with E-state index in [9.17, 15) is 14.4 Å². The first-order valence-corrected chi connectivity index (χ1v) is 13.2. The number of fused-ring (bicyclic) bond motifs is 3. The van der Waals surface area contributed by atoms with Gasteiger partial charge >= 0.3 is 0 Å². The van der Waals surface area contributed by atoms with E-state index in [0.717, 1.165) is 48.3 Å². The molecule has 0 bridgehead atoms. The Kier molecular flexibility index (Phi) is 8.31. The third-order valence-electron chi connectivity index (χ3n) is 7.59. The molecule has 2 aliphatic rings. The Morgan fingerprint density at radius 2 is 1.89 bits per heavy atom. The number of H-pyrrole nitrogens is 1. The number of primary amides is 1. The zero-order valence-corrected chi connectivity index (χ0v) is 21.5. The Hall–Kier alpha value is -2.91. The van der Waals surface area contributed by atoms with Gasteiger partial charge in [-0.3, -0.25) is 14.4 Å². The molecule has 0 unspecified atom stereocenters. The van der Waals surface area contributed by atoms with Crippen molar-refractivity contribution in [3.8, 4) is 0 Å². The van der Waals surface area contributed by atoms with Crippen LogP contribution in [0.2, 0.25) is 0 Å². The van der Waals surface area contributed by atoms with Crippen molar-refractivity contribution in [2.24, 2.45) is 11.7 Å². The minimum atomic E-state index is -1.16. The van der Waals surface area contributed by atoms with Crippen molar-refractivity contribution in [1.29, 1.82) is 0 Å². The van der Waals surface area contributed by atoms with Gasteiger partial charge in [0.25, 0.3) is 0 Å². The monoisotopic (exact) mass is 496 g/mol. The molecule has 1 saturated heterocycles. The number of aromatic amines is 1. The molecule has 1 aromatic heterocycles. The second kappa shape index (κ2) is 11.4. The third kappa shape index (κ3) is 5.90. The summed E-state index contributed by atoms with van der Waals surface area (Å²) in [4.78, 5) is 44.7. The number of carbonyl (C=O) groups is 3. The van der Waals surface area contributed by atoms with Gasteiger partial charge < -0.3 is 31.6 Å². The average molecular weight is 497 g/mol. The largest absolute Gasteiger partial charge is 0.368 e. The lowest BCUT2D eigenvalue weighted by Gasteiger charge is -2.38. The van der Waals surface area contributed by atoms with E-state index in [1.54, 1.807) is 0 Å². The van der Waals surface area contributed by atoms with Crippen molar-refractivity contribution in [3.05, 3.63) is 35.5 Å². The summed E-state index contributed by atoms with van der Waals surface area (Å²) >= 11 is 0. The molecule has 9 nitrogen and oxygen atoms in total. The lowest BCUT2D eigenvalue weighted by molar-refractivity contribution is -0.136. The van der Waals surface area contributed by atoms with Crippen molar-refractivity contribution in [1.82, 2.24) is 25.8 Å². The van der Waals surface area contributed by atoms with E-state index < -0.39 is 17.5 Å². The lowest BCUT2D eigenvalue weighted by Crippen LogP contribution is -2.65. The van der Waals surface area contributed by atoms with Crippen molar-refractivity contribution < 1.29 is 14.4 Å². The Balaban J connectivity index is 1.48. The molecule has 2 heterocycles. The first-order valence-electron chi connectivity index (χ1n) is 13.2. The number of piperidine rings is 1. The number of rotatable bonds is 10. The van der Waals surface area contributed by atoms with Gasteiger partial charge in [-0.25, -0.2) is 0 Å². The molecule has 9 heteroatoms. The lowest BCUT2D eigenvalue weighted by atomic mass is 9.78. The van der Waals surface area contributed by atoms with Gasteiger partial charge in [0.2, 0.25) is 17.7 Å². The number of nitrogens with two attached hydrogens (primary N) is 1. The van der Waals surface area contributed by atoms with Gasteiger partial charge in [-0.2, -0.15) is 0 Å². The second-order valence-electron chi connectivity index (χ2n) is 10.6. The summed E-state index contributed by atoms with van der Waals surface area (Å²) in [5, 5.41) is 10.2. The van der Waals surface area contributed by atoms with Crippen LogP contribution >= 0.6 is 0 Å². The van der Waals surface area contributed by atoms with Gasteiger partial charge in [-0.15, -0.1) is 0 Å². The molecule has 0 spiro atoms. The Labute approximate surface area is 212 Å². The summed E-state index contributed by atoms with van der Waals surface area (Å²) in [6.07, 6.45) is 5.15. The number of benzene rings is 1. The van der Waals surface area contributed by atoms with Gasteiger partial charge in [0.05, 0.1) is 6.54 Å². The van der Waals surface area contributed by atoms with Gasteiger partial charge in [0, 0.05) is 36.1 Å². The highest BCUT2D eigenvalue weighted by Gasteiger charge is 2.45. The fourth-order valence-corrected chi connectivity index (χ4v) is 5.54. The van der Waals surface area contributed by atoms with Crippen LogP contribution in [0, 0.1) is 5.92 Å². The number of aromatic nitrogens is 1. The van der Waals surface area contributed by atoms with Crippen molar-refractivity contribution in [2.45, 2.75) is 64.0 Å². The topological polar surface area (TPSA) is 132 Å². The molecule has 1 fully saturated rings. The number of likely N-dealkylation sites (tertiary alicyclic amines) is 1. The van der Waals surface area contributed by atoms with E-state index in [0.29, 0.717) is 19.3 Å². The Morgan fingerprint density at radius 1 is 1.14 bits per heavy atom. The summed E-state index contributed by atoms with van der Waals surface area (Å²) in [6, 6.07) is 7.19. The fraction of sp³-hybridized carbons (Fsp3) is 0.593. The molecular formula is C27H40N6O3. The molecule has 2 atom stereocenters. The van der Waals surface area contributed by atoms with Gasteiger partial charge in [-0.05, 0) is 56.3 Å². The van der Waals surface area contributed by atoms with Crippen molar-refractivity contribution >= 4 is 28.6 Å². The number of hydrogen-bond acceptors (Lipinski definition) is 5. The summed E-state index contributed by atoms with van der Waals surface area (Å²) in [5.41, 5.74) is 7.55. The first kappa shape index (κ1) is 26.2. The van der Waals surface area contributed by atoms with Crippen LogP contribution < -0.4 is 21.7 Å². The summed E-state index contributed by atoms with van der Waals surface area (Å²) in [7, 11) is 0. The standard InChI is InChI=1S/C27H40N6O3/c1-18(2)24(25(28)35)31-26(36)27(32-23(34)17-29-12-15-33-13-6-3-7-14-33)11-10-22-20(16-27)19-8-4-5-9-21(19)30-22/h4-5,8-9,18,24,29-30H,3,6-7,10-17H2,1-2H3,(H2,28,35)(H,31,36)(H,32,34)/t24-,27+/m0/s1. The smallest absolute Gasteiger partial charge is 0.246 e. The van der Waals surface area contributed by atoms with Crippen LogP contribution in [0.1, 0.15) is 50.8 Å². The van der Waals surface area contributed by atoms with Crippen LogP contribution in [-0.2, 0) is 27.2 Å². The SMILES string of the molecule is CC(C)[C@H](NC(=O)[C@@]1(NC(=O)CNCCN2CCCCC2)CCc2[nH]c3ccccc3c2C1)C(N)=O. The molecule has 3 amide bonds. The van der Waals surface area contributed by atoms with E-state index in [1.807, 2.05) is 38.1 Å². The van der Waals surface area contributed by atoms with Gasteiger partial charge in [-0.1, -0.05) is 38.5 Å². The zero-order chi connectivity index (χ0) is 25.7. The summed E-state index contributed by atoms with van der Waals surface area (Å²) in [6.45, 7) is 7.66. The van der Waals surface area contributed by atoms with Crippen LogP contribution in [0.25, 0.3) is 10.9 Å². The molecule has 36 heavy (non-hydrogen) atoms. The number of aryl methyl sites for hydroxylation is 1. The van der Waals surface area contributed by atoms with Crippen LogP contribution in [0.4, 0.5) is 0 Å². The summed E-state index contributed by atoms with van der Waals surface area (Å²) < 4.78 is 0. The van der Waals surface area contributed by atoms with E-state index in [2.05, 4.69) is 25.8 Å². The highest BCUT2D eigenvalue weighted by atomic mass is 16.2. The molecule has 1 aliphatic carbocycles. The van der Waals surface area contributed by atoms with E-state index in [-0.39, 0.29) is 24.3 Å². The minimum Gasteiger partial charge on any atom is -0.368 e. The predicted molar refractivity (Wildman–Crippen MR) is 140 cm³/mol. The van der Waals surface area contributed by atoms with E-state index in [4.69, 9.17) is 5.73 Å². The highest BCUT2D eigenvalue weighted by molar-refractivity contribution is 5.96. The maximum Gasteiger partial charge on any atom is 0.246 e. The Bertz CT molecular complexity index is 1090. The van der Waals surface area contributed by atoms with E-state index in [1.165, 1.54) is 19.3 Å². The van der Waals surface area contributed by atoms with E-state index >= 15 is 0 Å². The fourth-order valence-electron chi connectivity index (χ4n) is 5.54. The number of amides is 3. The summed E-state index contributed by atoms with van der Waals surface area (Å²) in [5.74, 6) is -1.34. The second-order valence-corrected chi connectivity index (χ2v) is 10.6. The molecule has 6 N–H and O–H groups in total. The van der Waals surface area contributed by atoms with Crippen LogP contribution in [0.3, 0.4) is 0 Å². The molecule has 1 aliphatic heterocycles. The maximum atomic E-state index is 13.7. The predicted octanol–water partition coefficient (Wildman–Crippen LogP) is 1.21. The molecular weight excluding hydrogens is 456 g/mol. The zero-order valence-electron chi connectivity index (χ0n) is 21.5. The van der Waals surface area contributed by atoms with Crippen molar-refractivity contribution in [3.63, 3.8) is 0 Å². The highest BCUT2D eigenvalue weighted by Crippen LogP contribution is 2.34. The maximum absolute atomic E-state index is 13.7. The Morgan fingerprint density at radius 3 is 2.61 bits per heavy atom.